The van der Waals surface area contributed by atoms with Crippen LogP contribution in [0.1, 0.15) is 16.1 Å². The summed E-state index contributed by atoms with van der Waals surface area (Å²) in [6.07, 6.45) is 1.55. The molecule has 3 rings (SSSR count). The third kappa shape index (κ3) is 4.34. The number of benzene rings is 2. The molecule has 0 saturated carbocycles. The van der Waals surface area contributed by atoms with Crippen molar-refractivity contribution in [3.8, 4) is 6.07 Å². The zero-order valence-corrected chi connectivity index (χ0v) is 13.8. The van der Waals surface area contributed by atoms with Crippen LogP contribution in [0.5, 0.6) is 0 Å². The fourth-order valence-corrected chi connectivity index (χ4v) is 2.32. The average Bonchev–Trinajstić information content (AvgIpc) is 2.64. The largest absolute Gasteiger partial charge is 0.355 e. The Morgan fingerprint density at radius 3 is 2.56 bits per heavy atom. The molecule has 0 fully saturated rings. The summed E-state index contributed by atoms with van der Waals surface area (Å²) in [5.74, 6) is -0.352. The Balaban J connectivity index is 1.75. The Labute approximate surface area is 149 Å². The highest BCUT2D eigenvalue weighted by atomic mass is 35.5. The van der Waals surface area contributed by atoms with Crippen molar-refractivity contribution in [1.82, 2.24) is 4.98 Å². The second-order valence-corrected chi connectivity index (χ2v) is 5.64. The maximum absolute atomic E-state index is 12.4. The summed E-state index contributed by atoms with van der Waals surface area (Å²) in [6, 6.07) is 19.4. The molecule has 25 heavy (non-hydrogen) atoms. The highest BCUT2D eigenvalue weighted by Gasteiger charge is 2.09. The molecule has 0 aliphatic rings. The van der Waals surface area contributed by atoms with Crippen molar-refractivity contribution in [3.63, 3.8) is 0 Å². The van der Waals surface area contributed by atoms with E-state index in [4.69, 9.17) is 16.9 Å². The molecular formula is C19H13ClN4O. The fourth-order valence-electron chi connectivity index (χ4n) is 2.19. The molecular weight excluding hydrogens is 336 g/mol. The molecule has 1 amide bonds. The minimum absolute atomic E-state index is 0.265. The first-order valence-corrected chi connectivity index (χ1v) is 7.82. The second kappa shape index (κ2) is 7.47. The van der Waals surface area contributed by atoms with E-state index in [1.807, 2.05) is 18.2 Å². The third-order valence-electron chi connectivity index (χ3n) is 3.38. The lowest BCUT2D eigenvalue weighted by Gasteiger charge is -2.09. The number of amides is 1. The number of aromatic nitrogens is 1. The van der Waals surface area contributed by atoms with Crippen molar-refractivity contribution >= 4 is 34.6 Å². The minimum atomic E-state index is -0.352. The molecule has 2 aromatic carbocycles. The highest BCUT2D eigenvalue weighted by molar-refractivity contribution is 6.30. The number of nitrogens with zero attached hydrogens (tertiary/aromatic N) is 2. The standard InChI is InChI=1S/C19H13ClN4O/c20-14-4-6-15(7-5-14)23-17-8-9-22-18(11-17)19(25)24-16-3-1-2-13(10-16)12-21/h1-11H,(H,22,23)(H,24,25). The lowest BCUT2D eigenvalue weighted by atomic mass is 10.2. The second-order valence-electron chi connectivity index (χ2n) is 5.21. The van der Waals surface area contributed by atoms with Gasteiger partial charge in [0.2, 0.25) is 0 Å². The topological polar surface area (TPSA) is 77.8 Å². The molecule has 0 saturated heterocycles. The average molecular weight is 349 g/mol. The fraction of sp³-hybridized carbons (Fsp3) is 0. The highest BCUT2D eigenvalue weighted by Crippen LogP contribution is 2.19. The molecule has 0 aliphatic carbocycles. The zero-order chi connectivity index (χ0) is 17.6. The van der Waals surface area contributed by atoms with Crippen LogP contribution < -0.4 is 10.6 Å². The van der Waals surface area contributed by atoms with E-state index in [1.165, 1.54) is 0 Å². The number of halogens is 1. The summed E-state index contributed by atoms with van der Waals surface area (Å²) in [6.45, 7) is 0. The van der Waals surface area contributed by atoms with Gasteiger partial charge in [-0.05, 0) is 54.6 Å². The molecule has 1 heterocycles. The number of hydrogen-bond acceptors (Lipinski definition) is 4. The van der Waals surface area contributed by atoms with Crippen molar-refractivity contribution in [2.24, 2.45) is 0 Å². The van der Waals surface area contributed by atoms with E-state index in [-0.39, 0.29) is 11.6 Å². The van der Waals surface area contributed by atoms with E-state index < -0.39 is 0 Å². The van der Waals surface area contributed by atoms with Gasteiger partial charge in [0, 0.05) is 28.3 Å². The Kier molecular flexibility index (Phi) is 4.93. The van der Waals surface area contributed by atoms with Crippen LogP contribution in [0.2, 0.25) is 5.02 Å². The van der Waals surface area contributed by atoms with Gasteiger partial charge in [-0.25, -0.2) is 0 Å². The third-order valence-corrected chi connectivity index (χ3v) is 3.63. The number of rotatable bonds is 4. The maximum Gasteiger partial charge on any atom is 0.274 e. The SMILES string of the molecule is N#Cc1cccc(NC(=O)c2cc(Nc3ccc(Cl)cc3)ccn2)c1. The van der Waals surface area contributed by atoms with E-state index in [2.05, 4.69) is 15.6 Å². The molecule has 0 aliphatic heterocycles. The van der Waals surface area contributed by atoms with Gasteiger partial charge < -0.3 is 10.6 Å². The Morgan fingerprint density at radius 2 is 1.80 bits per heavy atom. The van der Waals surface area contributed by atoms with Crippen molar-refractivity contribution < 1.29 is 4.79 Å². The molecule has 0 bridgehead atoms. The van der Waals surface area contributed by atoms with Gasteiger partial charge in [0.05, 0.1) is 11.6 Å². The van der Waals surface area contributed by atoms with E-state index in [9.17, 15) is 4.79 Å². The van der Waals surface area contributed by atoms with Crippen LogP contribution in [0.15, 0.2) is 66.9 Å². The minimum Gasteiger partial charge on any atom is -0.355 e. The molecule has 6 heteroatoms. The van der Waals surface area contributed by atoms with Crippen molar-refractivity contribution in [3.05, 3.63) is 83.1 Å². The van der Waals surface area contributed by atoms with Crippen LogP contribution in [-0.2, 0) is 0 Å². The van der Waals surface area contributed by atoms with Crippen molar-refractivity contribution in [2.75, 3.05) is 10.6 Å². The van der Waals surface area contributed by atoms with Crippen LogP contribution in [0.3, 0.4) is 0 Å². The number of hydrogen-bond donors (Lipinski definition) is 2. The van der Waals surface area contributed by atoms with Gasteiger partial charge in [-0.2, -0.15) is 5.26 Å². The van der Waals surface area contributed by atoms with Gasteiger partial charge in [-0.15, -0.1) is 0 Å². The molecule has 122 valence electrons. The van der Waals surface area contributed by atoms with E-state index >= 15 is 0 Å². The monoisotopic (exact) mass is 348 g/mol. The van der Waals surface area contributed by atoms with Gasteiger partial charge in [0.15, 0.2) is 0 Å². The number of pyridine rings is 1. The van der Waals surface area contributed by atoms with Gasteiger partial charge in [-0.1, -0.05) is 17.7 Å². The molecule has 3 aromatic rings. The molecule has 1 aromatic heterocycles. The maximum atomic E-state index is 12.4. The molecule has 0 unspecified atom stereocenters. The molecule has 0 spiro atoms. The summed E-state index contributed by atoms with van der Waals surface area (Å²) < 4.78 is 0. The molecule has 0 atom stereocenters. The Hall–Kier alpha value is -3.36. The van der Waals surface area contributed by atoms with Crippen LogP contribution in [0.4, 0.5) is 17.1 Å². The molecule has 2 N–H and O–H groups in total. The lowest BCUT2D eigenvalue weighted by molar-refractivity contribution is 0.102. The van der Waals surface area contributed by atoms with Gasteiger partial charge in [0.25, 0.3) is 5.91 Å². The van der Waals surface area contributed by atoms with Crippen LogP contribution >= 0.6 is 11.6 Å². The van der Waals surface area contributed by atoms with E-state index in [0.717, 1.165) is 11.4 Å². The van der Waals surface area contributed by atoms with Crippen molar-refractivity contribution in [2.45, 2.75) is 0 Å². The summed E-state index contributed by atoms with van der Waals surface area (Å²) in [5, 5.41) is 15.5. The zero-order valence-electron chi connectivity index (χ0n) is 13.0. The predicted molar refractivity (Wildman–Crippen MR) is 98.1 cm³/mol. The summed E-state index contributed by atoms with van der Waals surface area (Å²) >= 11 is 5.87. The van der Waals surface area contributed by atoms with Gasteiger partial charge >= 0.3 is 0 Å². The Bertz CT molecular complexity index is 948. The smallest absolute Gasteiger partial charge is 0.274 e. The van der Waals surface area contributed by atoms with Gasteiger partial charge in [0.1, 0.15) is 5.69 Å². The van der Waals surface area contributed by atoms with Crippen LogP contribution in [0, 0.1) is 11.3 Å². The predicted octanol–water partition coefficient (Wildman–Crippen LogP) is 4.60. The van der Waals surface area contributed by atoms with Crippen molar-refractivity contribution in [1.29, 1.82) is 5.26 Å². The Morgan fingerprint density at radius 1 is 1.00 bits per heavy atom. The van der Waals surface area contributed by atoms with E-state index in [0.29, 0.717) is 16.3 Å². The number of nitrogens with one attached hydrogen (secondary N) is 2. The first kappa shape index (κ1) is 16.5. The molecule has 0 radical (unpaired) electrons. The first-order chi connectivity index (χ1) is 12.1. The van der Waals surface area contributed by atoms with Crippen LogP contribution in [0.25, 0.3) is 0 Å². The normalized spacial score (nSPS) is 9.92. The first-order valence-electron chi connectivity index (χ1n) is 7.44. The van der Waals surface area contributed by atoms with E-state index in [1.54, 1.807) is 54.7 Å². The quantitative estimate of drug-likeness (QED) is 0.722. The molecule has 5 nitrogen and oxygen atoms in total. The van der Waals surface area contributed by atoms with Gasteiger partial charge in [-0.3, -0.25) is 9.78 Å². The summed E-state index contributed by atoms with van der Waals surface area (Å²) in [4.78, 5) is 16.5. The number of anilines is 3. The van der Waals surface area contributed by atoms with Crippen LogP contribution in [-0.4, -0.2) is 10.9 Å². The number of carbonyl (C=O) groups is 1. The number of carbonyl (C=O) groups excluding carboxylic acids is 1. The lowest BCUT2D eigenvalue weighted by Crippen LogP contribution is -2.13. The summed E-state index contributed by atoms with van der Waals surface area (Å²) in [5.41, 5.74) is 2.86. The number of nitriles is 1. The summed E-state index contributed by atoms with van der Waals surface area (Å²) in [7, 11) is 0.